The summed E-state index contributed by atoms with van der Waals surface area (Å²) in [4.78, 5) is 19.5. The number of aromatic nitrogens is 1. The van der Waals surface area contributed by atoms with Gasteiger partial charge in [0.2, 0.25) is 0 Å². The fourth-order valence-electron chi connectivity index (χ4n) is 3.66. The maximum absolute atomic E-state index is 13.0. The molecule has 0 aliphatic carbocycles. The number of nitrogens with zero attached hydrogens (tertiary/aromatic N) is 2. The maximum atomic E-state index is 13.0. The number of amides is 1. The molecular weight excluding hydrogens is 420 g/mol. The molecule has 0 unspecified atom stereocenters. The van der Waals surface area contributed by atoms with Gasteiger partial charge in [0.25, 0.3) is 11.1 Å². The van der Waals surface area contributed by atoms with Crippen molar-refractivity contribution in [1.29, 1.82) is 0 Å². The molecule has 4 rings (SSSR count). The van der Waals surface area contributed by atoms with Crippen molar-refractivity contribution < 1.29 is 14.3 Å². The van der Waals surface area contributed by atoms with E-state index in [1.807, 2.05) is 11.0 Å². The van der Waals surface area contributed by atoms with Gasteiger partial charge < -0.3 is 14.4 Å². The van der Waals surface area contributed by atoms with E-state index >= 15 is 0 Å². The first kappa shape index (κ1) is 20.9. The Hall–Kier alpha value is -2.31. The number of aryl methyl sites for hydroxylation is 1. The smallest absolute Gasteiger partial charge is 0.274 e. The molecule has 0 atom stereocenters. The zero-order valence-corrected chi connectivity index (χ0v) is 18.9. The van der Waals surface area contributed by atoms with Gasteiger partial charge in [-0.05, 0) is 56.7 Å². The van der Waals surface area contributed by atoms with E-state index in [4.69, 9.17) is 21.1 Å². The number of thiazole rings is 1. The first-order valence-electron chi connectivity index (χ1n) is 10.1. The number of hydrogen-bond donors (Lipinski definition) is 0. The average Bonchev–Trinajstić information content (AvgIpc) is 3.13. The zero-order valence-electron chi connectivity index (χ0n) is 17.4. The topological polar surface area (TPSA) is 51.7 Å². The Morgan fingerprint density at radius 3 is 2.53 bits per heavy atom. The maximum Gasteiger partial charge on any atom is 0.274 e. The molecule has 0 bridgehead atoms. The summed E-state index contributed by atoms with van der Waals surface area (Å²) in [5.74, 6) is 0.605. The predicted octanol–water partition coefficient (Wildman–Crippen LogP) is 5.49. The van der Waals surface area contributed by atoms with E-state index in [-0.39, 0.29) is 12.0 Å². The van der Waals surface area contributed by atoms with Crippen LogP contribution in [-0.2, 0) is 4.79 Å². The quantitative estimate of drug-likeness (QED) is 0.522. The number of hydrogen-bond acceptors (Lipinski definition) is 5. The predicted molar refractivity (Wildman–Crippen MR) is 121 cm³/mol. The number of benzene rings is 2. The first-order valence-corrected chi connectivity index (χ1v) is 11.3. The highest BCUT2D eigenvalue weighted by molar-refractivity contribution is 7.20. The van der Waals surface area contributed by atoms with Gasteiger partial charge in [-0.1, -0.05) is 35.1 Å². The van der Waals surface area contributed by atoms with E-state index in [0.29, 0.717) is 29.1 Å². The fourth-order valence-corrected chi connectivity index (χ4v) is 4.74. The molecule has 1 aromatic heterocycles. The lowest BCUT2D eigenvalue weighted by Crippen LogP contribution is -2.52. The number of carbonyl (C=O) groups is 1. The van der Waals surface area contributed by atoms with Gasteiger partial charge in [-0.3, -0.25) is 4.79 Å². The van der Waals surface area contributed by atoms with Crippen LogP contribution in [0.25, 0.3) is 10.2 Å². The van der Waals surface area contributed by atoms with Crippen LogP contribution in [0, 0.1) is 6.92 Å². The molecule has 0 N–H and O–H groups in total. The third-order valence-electron chi connectivity index (χ3n) is 5.30. The molecule has 158 valence electrons. The van der Waals surface area contributed by atoms with Crippen molar-refractivity contribution >= 4 is 39.1 Å². The van der Waals surface area contributed by atoms with Crippen LogP contribution in [0.2, 0.25) is 5.02 Å². The standard InChI is InChI=1S/C23H25ClN2O3S/c1-15-5-4-6-19-20(15)25-22(30-19)28-17-11-13-26(14-12-17)21(27)23(2,3)29-18-9-7-16(24)8-10-18/h4-10,17H,11-14H2,1-3H3. The van der Waals surface area contributed by atoms with Gasteiger partial charge in [0, 0.05) is 31.0 Å². The molecule has 1 saturated heterocycles. The normalized spacial score (nSPS) is 15.4. The molecule has 1 aliphatic heterocycles. The van der Waals surface area contributed by atoms with Crippen LogP contribution in [0.4, 0.5) is 0 Å². The van der Waals surface area contributed by atoms with Crippen molar-refractivity contribution in [3.8, 4) is 10.9 Å². The van der Waals surface area contributed by atoms with Crippen LogP contribution in [0.3, 0.4) is 0 Å². The first-order chi connectivity index (χ1) is 14.3. The van der Waals surface area contributed by atoms with Gasteiger partial charge in [-0.15, -0.1) is 0 Å². The van der Waals surface area contributed by atoms with Crippen LogP contribution in [-0.4, -0.2) is 40.6 Å². The van der Waals surface area contributed by atoms with Crippen LogP contribution in [0.5, 0.6) is 10.9 Å². The van der Waals surface area contributed by atoms with Crippen LogP contribution in [0.15, 0.2) is 42.5 Å². The van der Waals surface area contributed by atoms with Crippen LogP contribution in [0.1, 0.15) is 32.3 Å². The zero-order chi connectivity index (χ0) is 21.3. The Morgan fingerprint density at radius 1 is 1.17 bits per heavy atom. The molecule has 1 amide bonds. The van der Waals surface area contributed by atoms with Crippen molar-refractivity contribution in [2.24, 2.45) is 0 Å². The second-order valence-electron chi connectivity index (χ2n) is 8.08. The number of likely N-dealkylation sites (tertiary alicyclic amines) is 1. The Bertz CT molecular complexity index is 1040. The van der Waals surface area contributed by atoms with Gasteiger partial charge in [-0.2, -0.15) is 0 Å². The fraction of sp³-hybridized carbons (Fsp3) is 0.391. The largest absolute Gasteiger partial charge is 0.478 e. The van der Waals surface area contributed by atoms with Gasteiger partial charge in [0.15, 0.2) is 5.60 Å². The molecule has 3 aromatic rings. The Balaban J connectivity index is 1.34. The van der Waals surface area contributed by atoms with E-state index in [2.05, 4.69) is 24.0 Å². The number of para-hydroxylation sites is 1. The molecule has 5 nitrogen and oxygen atoms in total. The number of ether oxygens (including phenoxy) is 2. The van der Waals surface area contributed by atoms with Crippen molar-refractivity contribution in [2.75, 3.05) is 13.1 Å². The Kier molecular flexibility index (Phi) is 5.89. The van der Waals surface area contributed by atoms with Crippen molar-refractivity contribution in [1.82, 2.24) is 9.88 Å². The summed E-state index contributed by atoms with van der Waals surface area (Å²) in [5.41, 5.74) is 1.21. The summed E-state index contributed by atoms with van der Waals surface area (Å²) < 4.78 is 13.2. The molecule has 0 spiro atoms. The SMILES string of the molecule is Cc1cccc2sc(OC3CCN(C(=O)C(C)(C)Oc4ccc(Cl)cc4)CC3)nc12. The Morgan fingerprint density at radius 2 is 1.87 bits per heavy atom. The minimum atomic E-state index is -0.952. The number of halogens is 1. The highest BCUT2D eigenvalue weighted by atomic mass is 35.5. The van der Waals surface area contributed by atoms with Crippen molar-refractivity contribution in [3.63, 3.8) is 0 Å². The lowest BCUT2D eigenvalue weighted by molar-refractivity contribution is -0.147. The number of carbonyl (C=O) groups excluding carboxylic acids is 1. The molecule has 2 aromatic carbocycles. The molecule has 7 heteroatoms. The van der Waals surface area contributed by atoms with E-state index in [0.717, 1.165) is 28.6 Å². The monoisotopic (exact) mass is 444 g/mol. The summed E-state index contributed by atoms with van der Waals surface area (Å²) in [5, 5.41) is 1.34. The highest BCUT2D eigenvalue weighted by Gasteiger charge is 2.36. The molecule has 30 heavy (non-hydrogen) atoms. The minimum absolute atomic E-state index is 0.0217. The van der Waals surface area contributed by atoms with E-state index in [1.165, 1.54) is 0 Å². The molecule has 0 saturated carbocycles. The van der Waals surface area contributed by atoms with Crippen LogP contribution >= 0.6 is 22.9 Å². The van der Waals surface area contributed by atoms with E-state index < -0.39 is 5.60 Å². The molecular formula is C23H25ClN2O3S. The lowest BCUT2D eigenvalue weighted by atomic mass is 10.0. The van der Waals surface area contributed by atoms with Crippen LogP contribution < -0.4 is 9.47 Å². The summed E-state index contributed by atoms with van der Waals surface area (Å²) in [6, 6.07) is 13.2. The van der Waals surface area contributed by atoms with Gasteiger partial charge in [0.1, 0.15) is 11.9 Å². The van der Waals surface area contributed by atoms with Crippen molar-refractivity contribution in [3.05, 3.63) is 53.1 Å². The third kappa shape index (κ3) is 4.55. The number of rotatable bonds is 5. The molecule has 0 radical (unpaired) electrons. The van der Waals surface area contributed by atoms with Gasteiger partial charge in [0.05, 0.1) is 10.2 Å². The number of piperidine rings is 1. The van der Waals surface area contributed by atoms with Gasteiger partial charge in [-0.25, -0.2) is 4.98 Å². The van der Waals surface area contributed by atoms with E-state index in [1.54, 1.807) is 49.4 Å². The summed E-state index contributed by atoms with van der Waals surface area (Å²) in [6.45, 7) is 6.94. The summed E-state index contributed by atoms with van der Waals surface area (Å²) in [7, 11) is 0. The minimum Gasteiger partial charge on any atom is -0.478 e. The van der Waals surface area contributed by atoms with Crippen molar-refractivity contribution in [2.45, 2.75) is 45.3 Å². The molecule has 2 heterocycles. The average molecular weight is 445 g/mol. The second-order valence-corrected chi connectivity index (χ2v) is 9.51. The highest BCUT2D eigenvalue weighted by Crippen LogP contribution is 2.31. The molecule has 1 fully saturated rings. The second kappa shape index (κ2) is 8.44. The lowest BCUT2D eigenvalue weighted by Gasteiger charge is -2.36. The Labute approximate surface area is 185 Å². The van der Waals surface area contributed by atoms with E-state index in [9.17, 15) is 4.79 Å². The third-order valence-corrected chi connectivity index (χ3v) is 6.46. The summed E-state index contributed by atoms with van der Waals surface area (Å²) >= 11 is 7.50. The number of fused-ring (bicyclic) bond motifs is 1. The summed E-state index contributed by atoms with van der Waals surface area (Å²) in [6.07, 6.45) is 1.62. The molecule has 1 aliphatic rings. The van der Waals surface area contributed by atoms with Gasteiger partial charge >= 0.3 is 0 Å².